The van der Waals surface area contributed by atoms with Gasteiger partial charge in [0.2, 0.25) is 11.8 Å². The predicted molar refractivity (Wildman–Crippen MR) is 121 cm³/mol. The molecule has 0 aliphatic rings. The molecule has 0 aromatic heterocycles. The minimum atomic E-state index is -0.575. The van der Waals surface area contributed by atoms with E-state index >= 15 is 0 Å². The van der Waals surface area contributed by atoms with Crippen LogP contribution in [0.25, 0.3) is 0 Å². The normalized spacial score (nSPS) is 12.2. The number of nitrogens with one attached hydrogen (secondary N) is 1. The molecule has 0 saturated carbocycles. The second-order valence-electron chi connectivity index (χ2n) is 8.33. The molecule has 1 N–H and O–H groups in total. The summed E-state index contributed by atoms with van der Waals surface area (Å²) >= 11 is 5.87. The molecule has 5 nitrogen and oxygen atoms in total. The van der Waals surface area contributed by atoms with Crippen molar-refractivity contribution >= 4 is 23.4 Å². The quantitative estimate of drug-likeness (QED) is 0.579. The molecule has 2 aromatic carbocycles. The van der Waals surface area contributed by atoms with E-state index in [9.17, 15) is 9.59 Å². The highest BCUT2D eigenvalue weighted by Gasteiger charge is 2.28. The van der Waals surface area contributed by atoms with Crippen molar-refractivity contribution in [1.29, 1.82) is 0 Å². The summed E-state index contributed by atoms with van der Waals surface area (Å²) in [6.45, 7) is 8.34. The SMILES string of the molecule is C[C@H](C(=O)NC(C)(C)C)N(Cc1ccccc1)C(=O)CCCOc1ccc(Cl)cc1. The Morgan fingerprint density at radius 1 is 1.07 bits per heavy atom. The Labute approximate surface area is 184 Å². The number of rotatable bonds is 9. The lowest BCUT2D eigenvalue weighted by Crippen LogP contribution is -2.52. The number of hydrogen-bond acceptors (Lipinski definition) is 3. The summed E-state index contributed by atoms with van der Waals surface area (Å²) in [6, 6.07) is 16.2. The molecule has 30 heavy (non-hydrogen) atoms. The van der Waals surface area contributed by atoms with E-state index in [1.807, 2.05) is 51.1 Å². The summed E-state index contributed by atoms with van der Waals surface area (Å²) in [5.74, 6) is 0.477. The van der Waals surface area contributed by atoms with Gasteiger partial charge in [0.05, 0.1) is 6.61 Å². The van der Waals surface area contributed by atoms with E-state index in [1.54, 1.807) is 36.1 Å². The Morgan fingerprint density at radius 2 is 1.70 bits per heavy atom. The highest BCUT2D eigenvalue weighted by molar-refractivity contribution is 6.30. The van der Waals surface area contributed by atoms with E-state index in [2.05, 4.69) is 5.32 Å². The summed E-state index contributed by atoms with van der Waals surface area (Å²) in [6.07, 6.45) is 0.855. The molecule has 1 atom stereocenters. The van der Waals surface area contributed by atoms with Crippen LogP contribution in [0.2, 0.25) is 5.02 Å². The first-order chi connectivity index (χ1) is 14.2. The second kappa shape index (κ2) is 11.0. The standard InChI is InChI=1S/C24H31ClN2O3/c1-18(23(29)26-24(2,3)4)27(17-19-9-6-5-7-10-19)22(28)11-8-16-30-21-14-12-20(25)13-15-21/h5-7,9-10,12-15,18H,8,11,16-17H2,1-4H3,(H,26,29)/t18-/m1/s1. The van der Waals surface area contributed by atoms with E-state index in [1.165, 1.54) is 0 Å². The van der Waals surface area contributed by atoms with Gasteiger partial charge < -0.3 is 15.0 Å². The number of carbonyl (C=O) groups is 2. The van der Waals surface area contributed by atoms with E-state index in [0.717, 1.165) is 5.56 Å². The van der Waals surface area contributed by atoms with Gasteiger partial charge >= 0.3 is 0 Å². The second-order valence-corrected chi connectivity index (χ2v) is 8.76. The maximum absolute atomic E-state index is 13.0. The minimum Gasteiger partial charge on any atom is -0.494 e. The number of benzene rings is 2. The number of hydrogen-bond donors (Lipinski definition) is 1. The topological polar surface area (TPSA) is 58.6 Å². The van der Waals surface area contributed by atoms with Crippen molar-refractivity contribution in [2.24, 2.45) is 0 Å². The van der Waals surface area contributed by atoms with Crippen LogP contribution < -0.4 is 10.1 Å². The molecule has 0 spiro atoms. The minimum absolute atomic E-state index is 0.0740. The van der Waals surface area contributed by atoms with Crippen LogP contribution in [0.5, 0.6) is 5.75 Å². The fourth-order valence-electron chi connectivity index (χ4n) is 2.92. The van der Waals surface area contributed by atoms with Crippen LogP contribution in [-0.4, -0.2) is 34.9 Å². The summed E-state index contributed by atoms with van der Waals surface area (Å²) in [5, 5.41) is 3.61. The number of amides is 2. The largest absolute Gasteiger partial charge is 0.494 e. The van der Waals surface area contributed by atoms with Crippen LogP contribution in [0, 0.1) is 0 Å². The summed E-state index contributed by atoms with van der Waals surface area (Å²) in [4.78, 5) is 27.3. The van der Waals surface area contributed by atoms with Gasteiger partial charge in [-0.05, 0) is 63.9 Å². The fraction of sp³-hybridized carbons (Fsp3) is 0.417. The molecule has 2 rings (SSSR count). The Hall–Kier alpha value is -2.53. The zero-order chi connectivity index (χ0) is 22.1. The van der Waals surface area contributed by atoms with Gasteiger partial charge in [0, 0.05) is 23.5 Å². The molecule has 0 fully saturated rings. The van der Waals surface area contributed by atoms with Gasteiger partial charge in [-0.15, -0.1) is 0 Å². The zero-order valence-corrected chi connectivity index (χ0v) is 18.9. The van der Waals surface area contributed by atoms with E-state index < -0.39 is 6.04 Å². The van der Waals surface area contributed by atoms with Crippen molar-refractivity contribution < 1.29 is 14.3 Å². The van der Waals surface area contributed by atoms with Crippen LogP contribution in [-0.2, 0) is 16.1 Å². The first-order valence-electron chi connectivity index (χ1n) is 10.2. The Balaban J connectivity index is 1.98. The van der Waals surface area contributed by atoms with Crippen LogP contribution in [0.15, 0.2) is 54.6 Å². The maximum atomic E-state index is 13.0. The third kappa shape index (κ3) is 8.07. The van der Waals surface area contributed by atoms with Crippen LogP contribution in [0.1, 0.15) is 46.1 Å². The summed E-state index contributed by atoms with van der Waals surface area (Å²) < 4.78 is 5.67. The van der Waals surface area contributed by atoms with Gasteiger partial charge in [0.1, 0.15) is 11.8 Å². The lowest BCUT2D eigenvalue weighted by molar-refractivity contribution is -0.141. The Bertz CT molecular complexity index is 817. The van der Waals surface area contributed by atoms with Gasteiger partial charge in [-0.25, -0.2) is 0 Å². The van der Waals surface area contributed by atoms with Gasteiger partial charge in [0.25, 0.3) is 0 Å². The Morgan fingerprint density at radius 3 is 2.30 bits per heavy atom. The molecule has 0 aliphatic carbocycles. The molecular weight excluding hydrogens is 400 g/mol. The number of ether oxygens (including phenoxy) is 1. The lowest BCUT2D eigenvalue weighted by Gasteiger charge is -2.31. The molecular formula is C24H31ClN2O3. The maximum Gasteiger partial charge on any atom is 0.242 e. The number of halogens is 1. The fourth-order valence-corrected chi connectivity index (χ4v) is 3.05. The van der Waals surface area contributed by atoms with Crippen LogP contribution in [0.3, 0.4) is 0 Å². The molecule has 6 heteroatoms. The molecule has 2 aromatic rings. The molecule has 2 amide bonds. The zero-order valence-electron chi connectivity index (χ0n) is 18.2. The van der Waals surface area contributed by atoms with E-state index in [-0.39, 0.29) is 17.4 Å². The average molecular weight is 431 g/mol. The van der Waals surface area contributed by atoms with Crippen molar-refractivity contribution in [3.8, 4) is 5.75 Å². The predicted octanol–water partition coefficient (Wildman–Crippen LogP) is 4.83. The van der Waals surface area contributed by atoms with Gasteiger partial charge in [-0.3, -0.25) is 9.59 Å². The van der Waals surface area contributed by atoms with Crippen molar-refractivity contribution in [1.82, 2.24) is 10.2 Å². The number of carbonyl (C=O) groups excluding carboxylic acids is 2. The smallest absolute Gasteiger partial charge is 0.242 e. The first-order valence-corrected chi connectivity index (χ1v) is 10.6. The van der Waals surface area contributed by atoms with Crippen molar-refractivity contribution in [3.05, 3.63) is 65.2 Å². The van der Waals surface area contributed by atoms with E-state index in [0.29, 0.717) is 36.8 Å². The van der Waals surface area contributed by atoms with Gasteiger partial charge in [0.15, 0.2) is 0 Å². The first kappa shape index (κ1) is 23.7. The molecule has 0 saturated heterocycles. The summed E-state index contributed by atoms with van der Waals surface area (Å²) in [5.41, 5.74) is 0.623. The van der Waals surface area contributed by atoms with Crippen molar-refractivity contribution in [3.63, 3.8) is 0 Å². The van der Waals surface area contributed by atoms with Gasteiger partial charge in [-0.2, -0.15) is 0 Å². The Kier molecular flexibility index (Phi) is 8.72. The molecule has 0 radical (unpaired) electrons. The molecule has 0 unspecified atom stereocenters. The monoisotopic (exact) mass is 430 g/mol. The van der Waals surface area contributed by atoms with Crippen LogP contribution in [0.4, 0.5) is 0 Å². The van der Waals surface area contributed by atoms with Crippen molar-refractivity contribution in [2.75, 3.05) is 6.61 Å². The third-order valence-corrected chi connectivity index (χ3v) is 4.73. The lowest BCUT2D eigenvalue weighted by atomic mass is 10.1. The van der Waals surface area contributed by atoms with E-state index in [4.69, 9.17) is 16.3 Å². The summed E-state index contributed by atoms with van der Waals surface area (Å²) in [7, 11) is 0. The number of nitrogens with zero attached hydrogens (tertiary/aromatic N) is 1. The van der Waals surface area contributed by atoms with Crippen LogP contribution >= 0.6 is 11.6 Å². The highest BCUT2D eigenvalue weighted by Crippen LogP contribution is 2.17. The van der Waals surface area contributed by atoms with Crippen molar-refractivity contribution in [2.45, 2.75) is 58.7 Å². The molecule has 162 valence electrons. The highest BCUT2D eigenvalue weighted by atomic mass is 35.5. The third-order valence-electron chi connectivity index (χ3n) is 4.48. The molecule has 0 aliphatic heterocycles. The van der Waals surface area contributed by atoms with Gasteiger partial charge in [-0.1, -0.05) is 41.9 Å². The molecule has 0 bridgehead atoms. The average Bonchev–Trinajstić information content (AvgIpc) is 2.69. The molecule has 0 heterocycles.